The van der Waals surface area contributed by atoms with Gasteiger partial charge in [-0.1, -0.05) is 6.42 Å². The van der Waals surface area contributed by atoms with E-state index >= 15 is 0 Å². The van der Waals surface area contributed by atoms with Gasteiger partial charge in [-0.3, -0.25) is 0 Å². The molecule has 1 aliphatic heterocycles. The number of aryl methyl sites for hydroxylation is 1. The number of rotatable bonds is 2. The van der Waals surface area contributed by atoms with Gasteiger partial charge in [0.1, 0.15) is 5.82 Å². The Morgan fingerprint density at radius 2 is 1.76 bits per heavy atom. The average Bonchev–Trinajstić information content (AvgIpc) is 2.35. The van der Waals surface area contributed by atoms with Crippen LogP contribution in [0.5, 0.6) is 0 Å². The van der Waals surface area contributed by atoms with Crippen molar-refractivity contribution >= 4 is 15.7 Å². The number of nitrogen functional groups attached to an aromatic ring is 1. The predicted octanol–water partition coefficient (Wildman–Crippen LogP) is 2.98. The van der Waals surface area contributed by atoms with E-state index in [1.165, 1.54) is 6.07 Å². The van der Waals surface area contributed by atoms with Crippen LogP contribution in [-0.4, -0.2) is 24.8 Å². The summed E-state index contributed by atoms with van der Waals surface area (Å²) in [6, 6.07) is 1.10. The quantitative estimate of drug-likeness (QED) is 0.854. The zero-order chi connectivity index (χ0) is 15.9. The van der Waals surface area contributed by atoms with Crippen LogP contribution in [0.1, 0.15) is 44.2 Å². The molecule has 1 aromatic carbocycles. The van der Waals surface area contributed by atoms with Gasteiger partial charge in [-0.2, -0.15) is 4.31 Å². The van der Waals surface area contributed by atoms with E-state index in [1.807, 2.05) is 13.8 Å². The van der Waals surface area contributed by atoms with E-state index < -0.39 is 15.8 Å². The lowest BCUT2D eigenvalue weighted by molar-refractivity contribution is 0.204. The third-order valence-corrected chi connectivity index (χ3v) is 6.77. The molecule has 0 amide bonds. The van der Waals surface area contributed by atoms with Gasteiger partial charge in [-0.15, -0.1) is 0 Å². The maximum absolute atomic E-state index is 13.7. The van der Waals surface area contributed by atoms with Gasteiger partial charge >= 0.3 is 0 Å². The molecule has 1 heterocycles. The molecule has 1 fully saturated rings. The molecule has 0 saturated carbocycles. The van der Waals surface area contributed by atoms with Crippen LogP contribution in [0.3, 0.4) is 0 Å². The lowest BCUT2D eigenvalue weighted by Gasteiger charge is -2.38. The highest BCUT2D eigenvalue weighted by Gasteiger charge is 2.37. The van der Waals surface area contributed by atoms with E-state index in [4.69, 9.17) is 5.73 Å². The fourth-order valence-corrected chi connectivity index (χ4v) is 5.64. The number of nitrogens with two attached hydrogens (primary N) is 1. The Labute approximate surface area is 126 Å². The van der Waals surface area contributed by atoms with Gasteiger partial charge in [0.05, 0.1) is 10.6 Å². The molecule has 2 atom stereocenters. The van der Waals surface area contributed by atoms with Crippen LogP contribution in [-0.2, 0) is 10.0 Å². The van der Waals surface area contributed by atoms with E-state index in [1.54, 1.807) is 18.2 Å². The summed E-state index contributed by atoms with van der Waals surface area (Å²) in [5.74, 6) is -0.566. The van der Waals surface area contributed by atoms with Crippen LogP contribution in [0.15, 0.2) is 11.0 Å². The Balaban J connectivity index is 2.62. The van der Waals surface area contributed by atoms with Crippen LogP contribution in [0.25, 0.3) is 0 Å². The molecule has 2 unspecified atom stereocenters. The van der Waals surface area contributed by atoms with Gasteiger partial charge in [0, 0.05) is 12.1 Å². The monoisotopic (exact) mass is 314 g/mol. The van der Waals surface area contributed by atoms with Crippen molar-refractivity contribution in [3.05, 3.63) is 23.0 Å². The van der Waals surface area contributed by atoms with Crippen molar-refractivity contribution in [3.63, 3.8) is 0 Å². The Bertz CT molecular complexity index is 648. The Kier molecular flexibility index (Phi) is 4.31. The van der Waals surface area contributed by atoms with Crippen molar-refractivity contribution in [2.24, 2.45) is 0 Å². The summed E-state index contributed by atoms with van der Waals surface area (Å²) in [6.07, 6.45) is 2.72. The minimum atomic E-state index is -3.67. The van der Waals surface area contributed by atoms with Crippen LogP contribution in [0.4, 0.5) is 10.1 Å². The van der Waals surface area contributed by atoms with Crippen molar-refractivity contribution in [3.8, 4) is 0 Å². The summed E-state index contributed by atoms with van der Waals surface area (Å²) in [6.45, 7) is 7.02. The molecule has 1 aromatic rings. The summed E-state index contributed by atoms with van der Waals surface area (Å²) in [5, 5.41) is 0. The number of benzene rings is 1. The minimum absolute atomic E-state index is 0.0520. The molecule has 4 nitrogen and oxygen atoms in total. The molecule has 0 spiro atoms. The Morgan fingerprint density at radius 3 is 2.29 bits per heavy atom. The van der Waals surface area contributed by atoms with E-state index in [0.29, 0.717) is 11.1 Å². The molecule has 0 radical (unpaired) electrons. The molecular formula is C15H23FN2O2S. The average molecular weight is 314 g/mol. The van der Waals surface area contributed by atoms with Gasteiger partial charge in [0.2, 0.25) is 10.0 Å². The number of halogens is 1. The van der Waals surface area contributed by atoms with Crippen LogP contribution < -0.4 is 5.73 Å². The van der Waals surface area contributed by atoms with Gasteiger partial charge in [0.25, 0.3) is 0 Å². The predicted molar refractivity (Wildman–Crippen MR) is 82.1 cm³/mol. The first-order valence-electron chi connectivity index (χ1n) is 7.26. The molecule has 6 heteroatoms. The summed E-state index contributed by atoms with van der Waals surface area (Å²) in [4.78, 5) is 0.155. The van der Waals surface area contributed by atoms with Crippen molar-refractivity contribution < 1.29 is 12.8 Å². The lowest BCUT2D eigenvalue weighted by atomic mass is 10.0. The van der Waals surface area contributed by atoms with Crippen molar-refractivity contribution in [2.45, 2.75) is 63.9 Å². The number of sulfonamides is 1. The standard InChI is InChI=1S/C15H23FN2O2S/c1-9-8-13(16)14(17)12(4)15(9)21(19,20)18-10(2)6-5-7-11(18)3/h8,10-11H,5-7,17H2,1-4H3. The van der Waals surface area contributed by atoms with Gasteiger partial charge in [0.15, 0.2) is 0 Å². The van der Waals surface area contributed by atoms with Gasteiger partial charge < -0.3 is 5.73 Å². The molecule has 0 bridgehead atoms. The summed E-state index contributed by atoms with van der Waals surface area (Å²) >= 11 is 0. The van der Waals surface area contributed by atoms with Crippen molar-refractivity contribution in [2.75, 3.05) is 5.73 Å². The number of hydrogen-bond donors (Lipinski definition) is 1. The van der Waals surface area contributed by atoms with E-state index in [9.17, 15) is 12.8 Å². The van der Waals surface area contributed by atoms with Gasteiger partial charge in [-0.05, 0) is 57.7 Å². The lowest BCUT2D eigenvalue weighted by Crippen LogP contribution is -2.47. The summed E-state index contributed by atoms with van der Waals surface area (Å²) in [5.41, 5.74) is 6.31. The van der Waals surface area contributed by atoms with E-state index in [-0.39, 0.29) is 22.7 Å². The molecular weight excluding hydrogens is 291 g/mol. The van der Waals surface area contributed by atoms with Gasteiger partial charge in [-0.25, -0.2) is 12.8 Å². The highest BCUT2D eigenvalue weighted by atomic mass is 32.2. The van der Waals surface area contributed by atoms with Crippen LogP contribution in [0, 0.1) is 19.7 Å². The first kappa shape index (κ1) is 16.2. The number of piperidine rings is 1. The summed E-state index contributed by atoms with van der Waals surface area (Å²) in [7, 11) is -3.67. The molecule has 2 N–H and O–H groups in total. The number of hydrogen-bond acceptors (Lipinski definition) is 3. The normalized spacial score (nSPS) is 24.2. The second-order valence-corrected chi connectivity index (χ2v) is 7.79. The Hall–Kier alpha value is -1.14. The Morgan fingerprint density at radius 1 is 1.24 bits per heavy atom. The fraction of sp³-hybridized carbons (Fsp3) is 0.600. The van der Waals surface area contributed by atoms with Crippen LogP contribution in [0.2, 0.25) is 0 Å². The van der Waals surface area contributed by atoms with Crippen molar-refractivity contribution in [1.82, 2.24) is 4.31 Å². The smallest absolute Gasteiger partial charge is 0.244 e. The zero-order valence-corrected chi connectivity index (χ0v) is 13.8. The molecule has 1 saturated heterocycles. The van der Waals surface area contributed by atoms with Crippen LogP contribution >= 0.6 is 0 Å². The second-order valence-electron chi connectivity index (χ2n) is 6.01. The summed E-state index contributed by atoms with van der Waals surface area (Å²) < 4.78 is 41.4. The zero-order valence-electron chi connectivity index (χ0n) is 13.0. The molecule has 1 aliphatic rings. The topological polar surface area (TPSA) is 63.4 Å². The third-order valence-electron chi connectivity index (χ3n) is 4.35. The minimum Gasteiger partial charge on any atom is -0.396 e. The number of nitrogens with zero attached hydrogens (tertiary/aromatic N) is 1. The largest absolute Gasteiger partial charge is 0.396 e. The SMILES string of the molecule is Cc1cc(F)c(N)c(C)c1S(=O)(=O)N1C(C)CCCC1C. The highest BCUT2D eigenvalue weighted by molar-refractivity contribution is 7.89. The molecule has 118 valence electrons. The van der Waals surface area contributed by atoms with E-state index in [2.05, 4.69) is 0 Å². The van der Waals surface area contributed by atoms with Crippen molar-refractivity contribution in [1.29, 1.82) is 0 Å². The maximum Gasteiger partial charge on any atom is 0.244 e. The fourth-order valence-electron chi connectivity index (χ4n) is 3.30. The highest BCUT2D eigenvalue weighted by Crippen LogP contribution is 2.34. The van der Waals surface area contributed by atoms with E-state index in [0.717, 1.165) is 19.3 Å². The first-order valence-corrected chi connectivity index (χ1v) is 8.70. The first-order chi connectivity index (χ1) is 9.67. The third kappa shape index (κ3) is 2.66. The molecule has 0 aromatic heterocycles. The molecule has 2 rings (SSSR count). The molecule has 21 heavy (non-hydrogen) atoms. The number of anilines is 1. The molecule has 0 aliphatic carbocycles. The maximum atomic E-state index is 13.7. The second kappa shape index (κ2) is 5.57.